The molecule has 1 amide bonds. The number of nitro benzene ring substituents is 1. The Balaban J connectivity index is 1.79. The molecule has 0 bridgehead atoms. The zero-order valence-electron chi connectivity index (χ0n) is 17.0. The van der Waals surface area contributed by atoms with Crippen LogP contribution in [0.5, 0.6) is 0 Å². The number of hydrogen-bond acceptors (Lipinski definition) is 6. The first kappa shape index (κ1) is 21.7. The van der Waals surface area contributed by atoms with Crippen molar-refractivity contribution in [3.05, 3.63) is 62.0 Å². The molecule has 30 heavy (non-hydrogen) atoms. The van der Waals surface area contributed by atoms with Gasteiger partial charge in [-0.25, -0.2) is 4.79 Å². The zero-order valence-corrected chi connectivity index (χ0v) is 17.8. The molecule has 0 unspecified atom stereocenters. The first-order valence-corrected chi connectivity index (χ1v) is 10.8. The molecule has 1 atom stereocenters. The number of fused-ring (bicyclic) bond motifs is 1. The lowest BCUT2D eigenvalue weighted by molar-refractivity contribution is -0.384. The number of nitrogens with zero attached hydrogens (tertiary/aromatic N) is 1. The van der Waals surface area contributed by atoms with Crippen LogP contribution in [0, 0.1) is 16.0 Å². The summed E-state index contributed by atoms with van der Waals surface area (Å²) in [5.41, 5.74) is 2.13. The van der Waals surface area contributed by atoms with Gasteiger partial charge in [-0.05, 0) is 61.4 Å². The Morgan fingerprint density at radius 3 is 2.67 bits per heavy atom. The Hall–Kier alpha value is -3.00. The Kier molecular flexibility index (Phi) is 6.99. The SMILES string of the molecule is CCOC(=O)c1c(NC(=O)/C=C/c2ccc([N+](=O)[O-])cc2)sc2c1CC[C@H](CC)C2. The van der Waals surface area contributed by atoms with Crippen molar-refractivity contribution in [3.8, 4) is 0 Å². The highest BCUT2D eigenvalue weighted by Gasteiger charge is 2.29. The highest BCUT2D eigenvalue weighted by molar-refractivity contribution is 7.17. The fourth-order valence-electron chi connectivity index (χ4n) is 3.54. The first-order valence-electron chi connectivity index (χ1n) is 9.98. The Morgan fingerprint density at radius 2 is 2.03 bits per heavy atom. The fourth-order valence-corrected chi connectivity index (χ4v) is 4.90. The number of nitrogens with one attached hydrogen (secondary N) is 1. The predicted molar refractivity (Wildman–Crippen MR) is 117 cm³/mol. The molecule has 1 aromatic heterocycles. The van der Waals surface area contributed by atoms with Gasteiger partial charge in [-0.15, -0.1) is 11.3 Å². The summed E-state index contributed by atoms with van der Waals surface area (Å²) in [6.07, 6.45) is 6.77. The number of esters is 1. The molecule has 1 N–H and O–H groups in total. The second kappa shape index (κ2) is 9.67. The van der Waals surface area contributed by atoms with E-state index in [9.17, 15) is 19.7 Å². The van der Waals surface area contributed by atoms with Crippen LogP contribution in [0.2, 0.25) is 0 Å². The van der Waals surface area contributed by atoms with E-state index in [2.05, 4.69) is 12.2 Å². The Bertz CT molecular complexity index is 978. The second-order valence-corrected chi connectivity index (χ2v) is 8.22. The summed E-state index contributed by atoms with van der Waals surface area (Å²) >= 11 is 1.45. The van der Waals surface area contributed by atoms with Crippen molar-refractivity contribution in [1.29, 1.82) is 0 Å². The van der Waals surface area contributed by atoms with Gasteiger partial charge in [0.05, 0.1) is 17.1 Å². The van der Waals surface area contributed by atoms with Crippen LogP contribution in [0.1, 0.15) is 53.1 Å². The average molecular weight is 429 g/mol. The molecule has 1 aliphatic carbocycles. The lowest BCUT2D eigenvalue weighted by Crippen LogP contribution is -2.16. The quantitative estimate of drug-likeness (QED) is 0.290. The van der Waals surface area contributed by atoms with E-state index in [1.54, 1.807) is 25.1 Å². The number of hydrogen-bond donors (Lipinski definition) is 1. The van der Waals surface area contributed by atoms with Crippen LogP contribution >= 0.6 is 11.3 Å². The number of ether oxygens (including phenoxy) is 1. The highest BCUT2D eigenvalue weighted by atomic mass is 32.1. The zero-order chi connectivity index (χ0) is 21.7. The van der Waals surface area contributed by atoms with E-state index in [1.807, 2.05) is 0 Å². The molecule has 0 saturated carbocycles. The van der Waals surface area contributed by atoms with Gasteiger partial charge in [0, 0.05) is 23.1 Å². The Labute approximate surface area is 178 Å². The fraction of sp³-hybridized carbons (Fsp3) is 0.364. The molecule has 2 aromatic rings. The van der Waals surface area contributed by atoms with E-state index in [-0.39, 0.29) is 18.2 Å². The number of nitro groups is 1. The van der Waals surface area contributed by atoms with Gasteiger partial charge in [0.15, 0.2) is 0 Å². The van der Waals surface area contributed by atoms with Crippen molar-refractivity contribution in [2.24, 2.45) is 5.92 Å². The number of amides is 1. The van der Waals surface area contributed by atoms with Gasteiger partial charge in [-0.2, -0.15) is 0 Å². The summed E-state index contributed by atoms with van der Waals surface area (Å²) in [5, 5.41) is 14.1. The molecule has 1 aromatic carbocycles. The summed E-state index contributed by atoms with van der Waals surface area (Å²) in [4.78, 5) is 36.4. The van der Waals surface area contributed by atoms with Gasteiger partial charge in [-0.3, -0.25) is 14.9 Å². The molecule has 1 aliphatic rings. The molecule has 0 spiro atoms. The van der Waals surface area contributed by atoms with Gasteiger partial charge in [0.1, 0.15) is 5.00 Å². The summed E-state index contributed by atoms with van der Waals surface area (Å²) in [7, 11) is 0. The average Bonchev–Trinajstić information content (AvgIpc) is 3.09. The molecule has 1 heterocycles. The molecule has 0 saturated heterocycles. The number of non-ortho nitro benzene ring substituents is 1. The van der Waals surface area contributed by atoms with Crippen LogP contribution in [0.15, 0.2) is 30.3 Å². The van der Waals surface area contributed by atoms with E-state index in [0.29, 0.717) is 22.0 Å². The normalized spacial score (nSPS) is 15.6. The lowest BCUT2D eigenvalue weighted by atomic mass is 9.85. The molecule has 0 aliphatic heterocycles. The number of anilines is 1. The largest absolute Gasteiger partial charge is 0.462 e. The van der Waals surface area contributed by atoms with Crippen LogP contribution in [0.4, 0.5) is 10.7 Å². The summed E-state index contributed by atoms with van der Waals surface area (Å²) < 4.78 is 5.23. The van der Waals surface area contributed by atoms with Gasteiger partial charge < -0.3 is 10.1 Å². The number of benzene rings is 1. The molecule has 158 valence electrons. The Morgan fingerprint density at radius 1 is 1.30 bits per heavy atom. The third-order valence-electron chi connectivity index (χ3n) is 5.19. The van der Waals surface area contributed by atoms with E-state index < -0.39 is 10.9 Å². The van der Waals surface area contributed by atoms with Gasteiger partial charge >= 0.3 is 5.97 Å². The molecule has 0 fully saturated rings. The van der Waals surface area contributed by atoms with E-state index in [0.717, 1.165) is 36.1 Å². The number of carbonyl (C=O) groups is 2. The second-order valence-electron chi connectivity index (χ2n) is 7.12. The summed E-state index contributed by atoms with van der Waals surface area (Å²) in [6, 6.07) is 5.91. The van der Waals surface area contributed by atoms with Gasteiger partial charge in [-0.1, -0.05) is 13.3 Å². The molecule has 0 radical (unpaired) electrons. The minimum atomic E-state index is -0.473. The van der Waals surface area contributed by atoms with E-state index in [1.165, 1.54) is 29.5 Å². The maximum atomic E-state index is 12.6. The standard InChI is InChI=1S/C22H24N2O5S/c1-3-14-7-11-17-18(13-14)30-21(20(17)22(26)29-4-2)23-19(25)12-8-15-5-9-16(10-6-15)24(27)28/h5-6,8-10,12,14H,3-4,7,11,13H2,1-2H3,(H,23,25)/b12-8+/t14-/m0/s1. The minimum Gasteiger partial charge on any atom is -0.462 e. The van der Waals surface area contributed by atoms with Gasteiger partial charge in [0.25, 0.3) is 5.69 Å². The maximum absolute atomic E-state index is 12.6. The predicted octanol–water partition coefficient (Wildman–Crippen LogP) is 5.00. The van der Waals surface area contributed by atoms with Gasteiger partial charge in [0.2, 0.25) is 5.91 Å². The van der Waals surface area contributed by atoms with Crippen LogP contribution in [-0.2, 0) is 22.4 Å². The lowest BCUT2D eigenvalue weighted by Gasteiger charge is -2.20. The van der Waals surface area contributed by atoms with Crippen molar-refractivity contribution in [2.75, 3.05) is 11.9 Å². The van der Waals surface area contributed by atoms with Crippen molar-refractivity contribution in [3.63, 3.8) is 0 Å². The van der Waals surface area contributed by atoms with E-state index in [4.69, 9.17) is 4.74 Å². The third kappa shape index (κ3) is 4.94. The topological polar surface area (TPSA) is 98.5 Å². The summed E-state index contributed by atoms with van der Waals surface area (Å²) in [5.74, 6) is -0.180. The first-order chi connectivity index (χ1) is 14.4. The van der Waals surface area contributed by atoms with Crippen LogP contribution in [0.25, 0.3) is 6.08 Å². The molecule has 8 heteroatoms. The van der Waals surface area contributed by atoms with Crippen molar-refractivity contribution in [1.82, 2.24) is 0 Å². The highest BCUT2D eigenvalue weighted by Crippen LogP contribution is 2.40. The molecule has 3 rings (SSSR count). The van der Waals surface area contributed by atoms with Crippen molar-refractivity contribution >= 4 is 40.0 Å². The minimum absolute atomic E-state index is 0.00905. The van der Waals surface area contributed by atoms with Crippen LogP contribution in [0.3, 0.4) is 0 Å². The molecular weight excluding hydrogens is 404 g/mol. The summed E-state index contributed by atoms with van der Waals surface area (Å²) in [6.45, 7) is 4.20. The maximum Gasteiger partial charge on any atom is 0.341 e. The monoisotopic (exact) mass is 428 g/mol. The third-order valence-corrected chi connectivity index (χ3v) is 6.36. The van der Waals surface area contributed by atoms with Crippen molar-refractivity contribution in [2.45, 2.75) is 39.5 Å². The van der Waals surface area contributed by atoms with Crippen molar-refractivity contribution < 1.29 is 19.2 Å². The molecular formula is C22H24N2O5S. The number of thiophene rings is 1. The smallest absolute Gasteiger partial charge is 0.341 e. The van der Waals surface area contributed by atoms with Crippen LogP contribution in [-0.4, -0.2) is 23.4 Å². The van der Waals surface area contributed by atoms with E-state index >= 15 is 0 Å². The van der Waals surface area contributed by atoms with Crippen LogP contribution < -0.4 is 5.32 Å². The number of carbonyl (C=O) groups excluding carboxylic acids is 2. The number of rotatable bonds is 7. The molecule has 7 nitrogen and oxygen atoms in total.